The average molecular weight is 300 g/mol. The molecule has 2 nitrogen and oxygen atoms in total. The van der Waals surface area contributed by atoms with Crippen LogP contribution in [-0.2, 0) is 0 Å². The second kappa shape index (κ2) is 5.90. The molecule has 0 heterocycles. The summed E-state index contributed by atoms with van der Waals surface area (Å²) in [6.07, 6.45) is 1.11. The van der Waals surface area contributed by atoms with Crippen molar-refractivity contribution < 1.29 is 0 Å². The van der Waals surface area contributed by atoms with Crippen LogP contribution < -0.4 is 10.6 Å². The van der Waals surface area contributed by atoms with E-state index in [1.54, 1.807) is 0 Å². The maximum absolute atomic E-state index is 5.97. The molecule has 0 amide bonds. The number of para-hydroxylation sites is 2. The highest BCUT2D eigenvalue weighted by atomic mass is 15.1. The summed E-state index contributed by atoms with van der Waals surface area (Å²) in [5.74, 6) is 0.547. The third-order valence-corrected chi connectivity index (χ3v) is 4.45. The van der Waals surface area contributed by atoms with E-state index in [1.807, 2.05) is 12.1 Å². The number of anilines is 3. The summed E-state index contributed by atoms with van der Waals surface area (Å²) < 4.78 is 0. The molecule has 1 aliphatic rings. The van der Waals surface area contributed by atoms with Crippen molar-refractivity contribution in [3.05, 3.63) is 90.5 Å². The average Bonchev–Trinajstić information content (AvgIpc) is 3.35. The van der Waals surface area contributed by atoms with Gasteiger partial charge in [-0.05, 0) is 48.4 Å². The topological polar surface area (TPSA) is 29.3 Å². The number of rotatable bonds is 4. The van der Waals surface area contributed by atoms with E-state index in [0.717, 1.165) is 17.8 Å². The molecule has 0 radical (unpaired) electrons. The molecule has 3 aromatic rings. The molecule has 0 aliphatic heterocycles. The van der Waals surface area contributed by atoms with Crippen LogP contribution in [0, 0.1) is 0 Å². The summed E-state index contributed by atoms with van der Waals surface area (Å²) in [4.78, 5) is 2.27. The van der Waals surface area contributed by atoms with Crippen LogP contribution in [0.1, 0.15) is 17.9 Å². The van der Waals surface area contributed by atoms with Gasteiger partial charge in [0.25, 0.3) is 0 Å². The molecule has 1 saturated carbocycles. The van der Waals surface area contributed by atoms with Crippen LogP contribution in [-0.4, -0.2) is 6.04 Å². The fraction of sp³-hybridized carbons (Fsp3) is 0.143. The molecule has 4 rings (SSSR count). The highest BCUT2D eigenvalue weighted by Crippen LogP contribution is 2.40. The zero-order valence-electron chi connectivity index (χ0n) is 13.0. The largest absolute Gasteiger partial charge is 0.327 e. The van der Waals surface area contributed by atoms with Crippen LogP contribution in [0.15, 0.2) is 84.9 Å². The predicted molar refractivity (Wildman–Crippen MR) is 96.5 cm³/mol. The molecule has 23 heavy (non-hydrogen) atoms. The molecule has 0 aromatic heterocycles. The highest BCUT2D eigenvalue weighted by molar-refractivity contribution is 5.76. The summed E-state index contributed by atoms with van der Waals surface area (Å²) in [5, 5.41) is 0. The van der Waals surface area contributed by atoms with Crippen LogP contribution in [0.3, 0.4) is 0 Å². The molecular weight excluding hydrogens is 280 g/mol. The minimum absolute atomic E-state index is 0.347. The lowest BCUT2D eigenvalue weighted by Crippen LogP contribution is -2.09. The Morgan fingerprint density at radius 1 is 0.652 bits per heavy atom. The molecule has 2 N–H and O–H groups in total. The molecule has 2 unspecified atom stereocenters. The van der Waals surface area contributed by atoms with Gasteiger partial charge in [-0.1, -0.05) is 48.5 Å². The van der Waals surface area contributed by atoms with Gasteiger partial charge in [0.2, 0.25) is 0 Å². The maximum Gasteiger partial charge on any atom is 0.0461 e. The van der Waals surface area contributed by atoms with E-state index < -0.39 is 0 Å². The second-order valence-electron chi connectivity index (χ2n) is 6.10. The standard InChI is InChI=1S/C21H20N2/c22-21-15-20(21)16-11-13-19(14-12-16)23(17-7-3-1-4-8-17)18-9-5-2-6-10-18/h1-14,20-21H,15,22H2. The lowest BCUT2D eigenvalue weighted by atomic mass is 10.1. The van der Waals surface area contributed by atoms with Gasteiger partial charge in [0.05, 0.1) is 0 Å². The molecule has 1 aliphatic carbocycles. The van der Waals surface area contributed by atoms with Gasteiger partial charge in [0.15, 0.2) is 0 Å². The van der Waals surface area contributed by atoms with Gasteiger partial charge in [0.1, 0.15) is 0 Å². The van der Waals surface area contributed by atoms with Crippen LogP contribution in [0.5, 0.6) is 0 Å². The SMILES string of the molecule is NC1CC1c1ccc(N(c2ccccc2)c2ccccc2)cc1. The van der Waals surface area contributed by atoms with Crippen molar-refractivity contribution in [2.75, 3.05) is 4.90 Å². The van der Waals surface area contributed by atoms with Crippen LogP contribution in [0.4, 0.5) is 17.1 Å². The monoisotopic (exact) mass is 300 g/mol. The van der Waals surface area contributed by atoms with Crippen molar-refractivity contribution >= 4 is 17.1 Å². The summed E-state index contributed by atoms with van der Waals surface area (Å²) >= 11 is 0. The second-order valence-corrected chi connectivity index (χ2v) is 6.10. The number of nitrogens with two attached hydrogens (primary N) is 1. The normalized spacial score (nSPS) is 19.3. The van der Waals surface area contributed by atoms with Crippen LogP contribution in [0.2, 0.25) is 0 Å². The fourth-order valence-corrected chi connectivity index (χ4v) is 3.07. The van der Waals surface area contributed by atoms with E-state index in [0.29, 0.717) is 12.0 Å². The summed E-state index contributed by atoms with van der Waals surface area (Å²) in [6.45, 7) is 0. The van der Waals surface area contributed by atoms with Crippen molar-refractivity contribution in [1.29, 1.82) is 0 Å². The van der Waals surface area contributed by atoms with Gasteiger partial charge in [-0.25, -0.2) is 0 Å². The Morgan fingerprint density at radius 2 is 1.09 bits per heavy atom. The Hall–Kier alpha value is -2.58. The number of hydrogen-bond donors (Lipinski definition) is 1. The first-order chi connectivity index (χ1) is 11.3. The minimum atomic E-state index is 0.347. The quantitative estimate of drug-likeness (QED) is 0.737. The van der Waals surface area contributed by atoms with Crippen molar-refractivity contribution in [3.8, 4) is 0 Å². The molecule has 0 spiro atoms. The van der Waals surface area contributed by atoms with Crippen molar-refractivity contribution in [2.24, 2.45) is 5.73 Å². The van der Waals surface area contributed by atoms with E-state index in [2.05, 4.69) is 77.7 Å². The van der Waals surface area contributed by atoms with E-state index in [9.17, 15) is 0 Å². The maximum atomic E-state index is 5.97. The van der Waals surface area contributed by atoms with Crippen molar-refractivity contribution in [3.63, 3.8) is 0 Å². The molecule has 2 heteroatoms. The number of nitrogens with zero attached hydrogens (tertiary/aromatic N) is 1. The minimum Gasteiger partial charge on any atom is -0.327 e. The van der Waals surface area contributed by atoms with Crippen molar-refractivity contribution in [1.82, 2.24) is 0 Å². The number of benzene rings is 3. The first-order valence-corrected chi connectivity index (χ1v) is 8.09. The molecule has 1 fully saturated rings. The van der Waals surface area contributed by atoms with E-state index >= 15 is 0 Å². The smallest absolute Gasteiger partial charge is 0.0461 e. The van der Waals surface area contributed by atoms with E-state index in [4.69, 9.17) is 5.73 Å². The number of hydrogen-bond acceptors (Lipinski definition) is 2. The third-order valence-electron chi connectivity index (χ3n) is 4.45. The van der Waals surface area contributed by atoms with Gasteiger partial charge in [-0.15, -0.1) is 0 Å². The zero-order valence-corrected chi connectivity index (χ0v) is 13.0. The first-order valence-electron chi connectivity index (χ1n) is 8.09. The van der Waals surface area contributed by atoms with Gasteiger partial charge in [0, 0.05) is 29.0 Å². The van der Waals surface area contributed by atoms with Gasteiger partial charge in [-0.3, -0.25) is 0 Å². The van der Waals surface area contributed by atoms with Crippen LogP contribution >= 0.6 is 0 Å². The Morgan fingerprint density at radius 3 is 1.52 bits per heavy atom. The molecule has 0 bridgehead atoms. The van der Waals surface area contributed by atoms with Crippen LogP contribution in [0.25, 0.3) is 0 Å². The zero-order chi connectivity index (χ0) is 15.6. The summed E-state index contributed by atoms with van der Waals surface area (Å²) in [7, 11) is 0. The fourth-order valence-electron chi connectivity index (χ4n) is 3.07. The Bertz CT molecular complexity index is 726. The molecular formula is C21H20N2. The van der Waals surface area contributed by atoms with E-state index in [-0.39, 0.29) is 0 Å². The molecule has 2 atom stereocenters. The summed E-state index contributed by atoms with van der Waals surface area (Å²) in [6, 6.07) is 30.1. The van der Waals surface area contributed by atoms with E-state index in [1.165, 1.54) is 11.3 Å². The van der Waals surface area contributed by atoms with Gasteiger partial charge in [-0.2, -0.15) is 0 Å². The Balaban J connectivity index is 1.73. The van der Waals surface area contributed by atoms with Gasteiger partial charge < -0.3 is 10.6 Å². The first kappa shape index (κ1) is 14.0. The highest BCUT2D eigenvalue weighted by Gasteiger charge is 2.34. The lowest BCUT2D eigenvalue weighted by Gasteiger charge is -2.25. The predicted octanol–water partition coefficient (Wildman–Crippen LogP) is 4.97. The summed E-state index contributed by atoms with van der Waals surface area (Å²) in [5.41, 5.74) is 10.8. The molecule has 0 saturated heterocycles. The Labute approximate surface area is 137 Å². The van der Waals surface area contributed by atoms with Gasteiger partial charge >= 0.3 is 0 Å². The Kier molecular flexibility index (Phi) is 3.60. The lowest BCUT2D eigenvalue weighted by molar-refractivity contribution is 0.990. The molecule has 3 aromatic carbocycles. The van der Waals surface area contributed by atoms with Crippen molar-refractivity contribution in [2.45, 2.75) is 18.4 Å². The molecule has 114 valence electrons. The third kappa shape index (κ3) is 2.86.